The van der Waals surface area contributed by atoms with Crippen LogP contribution in [-0.4, -0.2) is 10.9 Å². The Kier molecular flexibility index (Phi) is 5.33. The van der Waals surface area contributed by atoms with Crippen LogP contribution in [0.1, 0.15) is 20.9 Å². The quantitative estimate of drug-likeness (QED) is 0.607. The lowest BCUT2D eigenvalue weighted by Gasteiger charge is -2.05. The van der Waals surface area contributed by atoms with Crippen LogP contribution in [0.3, 0.4) is 0 Å². The number of nitrogens with zero attached hydrogens (tertiary/aromatic N) is 1. The summed E-state index contributed by atoms with van der Waals surface area (Å²) in [6.07, 6.45) is 0. The summed E-state index contributed by atoms with van der Waals surface area (Å²) in [6.45, 7) is 2.38. The Hall–Kier alpha value is -1.69. The highest BCUT2D eigenvalue weighted by atomic mass is 79.9. The van der Waals surface area contributed by atoms with Crippen LogP contribution >= 0.6 is 38.9 Å². The van der Waals surface area contributed by atoms with Crippen molar-refractivity contribution in [2.75, 3.05) is 0 Å². The Morgan fingerprint density at radius 1 is 1.21 bits per heavy atom. The number of carbonyl (C=O) groups excluding carboxylic acids is 1. The van der Waals surface area contributed by atoms with Crippen molar-refractivity contribution < 1.29 is 4.79 Å². The van der Waals surface area contributed by atoms with Crippen molar-refractivity contribution in [3.63, 3.8) is 0 Å². The fourth-order valence-electron chi connectivity index (χ4n) is 2.24. The second-order valence-electron chi connectivity index (χ2n) is 5.17. The van der Waals surface area contributed by atoms with Gasteiger partial charge < -0.3 is 5.32 Å². The second kappa shape index (κ2) is 7.47. The van der Waals surface area contributed by atoms with Gasteiger partial charge in [-0.2, -0.15) is 0 Å². The van der Waals surface area contributed by atoms with Crippen molar-refractivity contribution in [2.24, 2.45) is 0 Å². The number of aromatic nitrogens is 1. The minimum absolute atomic E-state index is 0.116. The van der Waals surface area contributed by atoms with Crippen molar-refractivity contribution in [3.05, 3.63) is 74.2 Å². The van der Waals surface area contributed by atoms with E-state index in [1.54, 1.807) is 17.4 Å². The van der Waals surface area contributed by atoms with Gasteiger partial charge in [0.2, 0.25) is 0 Å². The minimum atomic E-state index is -0.116. The van der Waals surface area contributed by atoms with Crippen LogP contribution in [0, 0.1) is 6.92 Å². The molecule has 0 fully saturated rings. The minimum Gasteiger partial charge on any atom is -0.347 e. The fourth-order valence-corrected chi connectivity index (χ4v) is 4.03. The van der Waals surface area contributed by atoms with E-state index in [0.29, 0.717) is 17.1 Å². The van der Waals surface area contributed by atoms with E-state index in [1.165, 1.54) is 0 Å². The number of hydrogen-bond acceptors (Lipinski definition) is 3. The van der Waals surface area contributed by atoms with Gasteiger partial charge in [-0.25, -0.2) is 4.98 Å². The number of benzene rings is 2. The summed E-state index contributed by atoms with van der Waals surface area (Å²) in [4.78, 5) is 17.9. The molecule has 0 aliphatic rings. The molecule has 0 aliphatic heterocycles. The first-order valence-corrected chi connectivity index (χ1v) is 9.29. The number of rotatable bonds is 4. The fraction of sp³-hybridized carbons (Fsp3) is 0.111. The molecule has 6 heteroatoms. The summed E-state index contributed by atoms with van der Waals surface area (Å²) in [6, 6.07) is 15.0. The molecular formula is C18H14BrClN2OS. The number of thiazole rings is 1. The van der Waals surface area contributed by atoms with Crippen molar-refractivity contribution >= 4 is 44.8 Å². The smallest absolute Gasteiger partial charge is 0.252 e. The van der Waals surface area contributed by atoms with Crippen LogP contribution in [0.15, 0.2) is 53.0 Å². The highest BCUT2D eigenvalue weighted by Crippen LogP contribution is 2.32. The molecule has 2 aromatic carbocycles. The van der Waals surface area contributed by atoms with Gasteiger partial charge in [0, 0.05) is 14.9 Å². The maximum absolute atomic E-state index is 12.3. The van der Waals surface area contributed by atoms with Crippen molar-refractivity contribution in [1.29, 1.82) is 0 Å². The summed E-state index contributed by atoms with van der Waals surface area (Å²) in [5, 5.41) is 4.48. The van der Waals surface area contributed by atoms with E-state index < -0.39 is 0 Å². The maximum Gasteiger partial charge on any atom is 0.252 e. The van der Waals surface area contributed by atoms with Crippen LogP contribution in [0.4, 0.5) is 0 Å². The molecule has 122 valence electrons. The summed E-state index contributed by atoms with van der Waals surface area (Å²) in [7, 11) is 0. The zero-order valence-corrected chi connectivity index (χ0v) is 16.0. The van der Waals surface area contributed by atoms with Gasteiger partial charge in [-0.15, -0.1) is 11.3 Å². The molecule has 0 radical (unpaired) electrons. The molecule has 0 aliphatic carbocycles. The lowest BCUT2D eigenvalue weighted by Crippen LogP contribution is -2.23. The van der Waals surface area contributed by atoms with Crippen LogP contribution in [0.2, 0.25) is 5.02 Å². The van der Waals surface area contributed by atoms with Crippen molar-refractivity contribution in [3.8, 4) is 10.6 Å². The normalized spacial score (nSPS) is 10.6. The van der Waals surface area contributed by atoms with Gasteiger partial charge in [0.15, 0.2) is 0 Å². The van der Waals surface area contributed by atoms with Crippen LogP contribution in [0.5, 0.6) is 0 Å². The van der Waals surface area contributed by atoms with Crippen molar-refractivity contribution in [2.45, 2.75) is 13.5 Å². The lowest BCUT2D eigenvalue weighted by molar-refractivity contribution is 0.0950. The average Bonchev–Trinajstić information content (AvgIpc) is 2.94. The number of aryl methyl sites for hydroxylation is 1. The van der Waals surface area contributed by atoms with Crippen LogP contribution < -0.4 is 5.32 Å². The zero-order chi connectivity index (χ0) is 17.1. The molecule has 3 rings (SSSR count). The highest BCUT2D eigenvalue weighted by molar-refractivity contribution is 9.10. The molecule has 3 nitrogen and oxygen atoms in total. The Balaban J connectivity index is 1.76. The van der Waals surface area contributed by atoms with Gasteiger partial charge in [-0.3, -0.25) is 4.79 Å². The van der Waals surface area contributed by atoms with E-state index >= 15 is 0 Å². The van der Waals surface area contributed by atoms with Crippen molar-refractivity contribution in [1.82, 2.24) is 10.3 Å². The summed E-state index contributed by atoms with van der Waals surface area (Å²) in [5.41, 5.74) is 2.43. The topological polar surface area (TPSA) is 42.0 Å². The highest BCUT2D eigenvalue weighted by Gasteiger charge is 2.14. The molecule has 0 spiro atoms. The predicted octanol–water partition coefficient (Wildman–Crippen LogP) is 5.46. The van der Waals surface area contributed by atoms with Gasteiger partial charge in [0.1, 0.15) is 5.01 Å². The van der Waals surface area contributed by atoms with Gasteiger partial charge >= 0.3 is 0 Å². The maximum atomic E-state index is 12.3. The Labute approximate surface area is 157 Å². The molecule has 0 saturated heterocycles. The third-order valence-electron chi connectivity index (χ3n) is 3.52. The van der Waals surface area contributed by atoms with Gasteiger partial charge in [-0.1, -0.05) is 41.9 Å². The number of halogens is 2. The van der Waals surface area contributed by atoms with Gasteiger partial charge in [0.05, 0.1) is 22.8 Å². The molecule has 1 amide bonds. The van der Waals surface area contributed by atoms with E-state index in [-0.39, 0.29) is 5.91 Å². The van der Waals surface area contributed by atoms with Gasteiger partial charge in [0.25, 0.3) is 5.91 Å². The number of amides is 1. The standard InChI is InChI=1S/C18H14BrClN2OS/c1-11-16(10-21-17(23)12-6-2-4-8-14(12)19)24-18(22-11)13-7-3-5-9-15(13)20/h2-9H,10H2,1H3,(H,21,23). The Morgan fingerprint density at radius 3 is 2.67 bits per heavy atom. The molecule has 3 aromatic rings. The predicted molar refractivity (Wildman–Crippen MR) is 103 cm³/mol. The van der Waals surface area contributed by atoms with Crippen LogP contribution in [0.25, 0.3) is 10.6 Å². The molecule has 24 heavy (non-hydrogen) atoms. The molecule has 1 N–H and O–H groups in total. The SMILES string of the molecule is Cc1nc(-c2ccccc2Cl)sc1CNC(=O)c1ccccc1Br. The lowest BCUT2D eigenvalue weighted by atomic mass is 10.2. The number of nitrogens with one attached hydrogen (secondary N) is 1. The molecule has 1 heterocycles. The summed E-state index contributed by atoms with van der Waals surface area (Å²) in [5.74, 6) is -0.116. The number of carbonyl (C=O) groups is 1. The Morgan fingerprint density at radius 2 is 1.92 bits per heavy atom. The second-order valence-corrected chi connectivity index (χ2v) is 7.52. The number of hydrogen-bond donors (Lipinski definition) is 1. The first-order chi connectivity index (χ1) is 11.6. The third-order valence-corrected chi connectivity index (χ3v) is 5.74. The first kappa shape index (κ1) is 17.1. The molecule has 0 bridgehead atoms. The summed E-state index contributed by atoms with van der Waals surface area (Å²) < 4.78 is 0.778. The monoisotopic (exact) mass is 420 g/mol. The van der Waals surface area contributed by atoms with E-state index in [9.17, 15) is 4.79 Å². The molecule has 0 saturated carbocycles. The molecule has 0 unspecified atom stereocenters. The largest absolute Gasteiger partial charge is 0.347 e. The Bertz CT molecular complexity index is 894. The summed E-state index contributed by atoms with van der Waals surface area (Å²) >= 11 is 11.2. The van der Waals surface area contributed by atoms with Crippen LogP contribution in [-0.2, 0) is 6.54 Å². The third kappa shape index (κ3) is 3.69. The first-order valence-electron chi connectivity index (χ1n) is 7.30. The van der Waals surface area contributed by atoms with E-state index in [2.05, 4.69) is 26.2 Å². The molecule has 1 aromatic heterocycles. The molecule has 0 atom stereocenters. The van der Waals surface area contributed by atoms with Gasteiger partial charge in [-0.05, 0) is 41.1 Å². The molecular weight excluding hydrogens is 408 g/mol. The van der Waals surface area contributed by atoms with E-state index in [4.69, 9.17) is 11.6 Å². The van der Waals surface area contributed by atoms with E-state index in [0.717, 1.165) is 25.6 Å². The average molecular weight is 422 g/mol. The van der Waals surface area contributed by atoms with E-state index in [1.807, 2.05) is 49.4 Å². The zero-order valence-electron chi connectivity index (χ0n) is 12.8.